The van der Waals surface area contributed by atoms with Gasteiger partial charge in [0.25, 0.3) is 0 Å². The maximum atomic E-state index is 2.70. The van der Waals surface area contributed by atoms with Gasteiger partial charge in [0.1, 0.15) is 0 Å². The topological polar surface area (TPSA) is 9.86 Å². The lowest BCUT2D eigenvalue weighted by Crippen LogP contribution is -2.15. The normalized spacial score (nSPS) is 20.0. The van der Waals surface area contributed by atoms with Crippen molar-refractivity contribution in [2.24, 2.45) is 5.92 Å². The molecule has 0 saturated heterocycles. The molecule has 2 nitrogen and oxygen atoms in total. The van der Waals surface area contributed by atoms with Crippen LogP contribution < -0.4 is 0 Å². The van der Waals surface area contributed by atoms with Crippen LogP contribution in [0.5, 0.6) is 0 Å². The summed E-state index contributed by atoms with van der Waals surface area (Å²) < 4.78 is 5.27. The van der Waals surface area contributed by atoms with Gasteiger partial charge in [-0.25, -0.2) is 0 Å². The minimum atomic E-state index is 0.349. The van der Waals surface area contributed by atoms with Crippen LogP contribution in [0.4, 0.5) is 0 Å². The number of para-hydroxylation sites is 1. The molecule has 2 atom stereocenters. The first-order valence-corrected chi connectivity index (χ1v) is 18.0. The molecular formula is C46H40N2. The second kappa shape index (κ2) is 11.3. The van der Waals surface area contributed by atoms with Crippen molar-refractivity contribution in [2.75, 3.05) is 0 Å². The third-order valence-corrected chi connectivity index (χ3v) is 11.5. The van der Waals surface area contributed by atoms with Crippen LogP contribution in [0.1, 0.15) is 67.0 Å². The van der Waals surface area contributed by atoms with Gasteiger partial charge in [0.2, 0.25) is 0 Å². The van der Waals surface area contributed by atoms with E-state index in [1.165, 1.54) is 97.6 Å². The molecule has 0 bridgehead atoms. The van der Waals surface area contributed by atoms with Crippen molar-refractivity contribution in [1.82, 2.24) is 9.13 Å². The molecule has 4 aromatic carbocycles. The number of fused-ring (bicyclic) bond motifs is 8. The van der Waals surface area contributed by atoms with E-state index in [4.69, 9.17) is 0 Å². The Bertz CT molecular complexity index is 2400. The van der Waals surface area contributed by atoms with Gasteiger partial charge in [0, 0.05) is 33.0 Å². The summed E-state index contributed by atoms with van der Waals surface area (Å²) in [5, 5.41) is 4.18. The molecule has 10 rings (SSSR count). The zero-order valence-corrected chi connectivity index (χ0v) is 27.4. The Kier molecular flexibility index (Phi) is 6.57. The molecule has 0 amide bonds. The molecule has 0 radical (unpaired) electrons. The molecule has 0 spiro atoms. The van der Waals surface area contributed by atoms with Crippen LogP contribution >= 0.6 is 0 Å². The number of hydrogen-bond donors (Lipinski definition) is 0. The van der Waals surface area contributed by atoms with E-state index < -0.39 is 0 Å². The molecule has 4 aliphatic rings. The Morgan fingerprint density at radius 3 is 2.40 bits per heavy atom. The van der Waals surface area contributed by atoms with E-state index in [1.54, 1.807) is 5.57 Å². The fourth-order valence-electron chi connectivity index (χ4n) is 9.34. The third kappa shape index (κ3) is 4.25. The zero-order valence-electron chi connectivity index (χ0n) is 27.4. The predicted molar refractivity (Wildman–Crippen MR) is 204 cm³/mol. The van der Waals surface area contributed by atoms with E-state index in [0.717, 1.165) is 25.7 Å². The highest BCUT2D eigenvalue weighted by atomic mass is 15.0. The Hall–Kier alpha value is -5.08. The van der Waals surface area contributed by atoms with Crippen molar-refractivity contribution in [1.29, 1.82) is 0 Å². The van der Waals surface area contributed by atoms with Gasteiger partial charge < -0.3 is 9.13 Å². The fraction of sp³-hybridized carbons (Fsp3) is 0.217. The van der Waals surface area contributed by atoms with Crippen LogP contribution in [-0.4, -0.2) is 9.13 Å². The van der Waals surface area contributed by atoms with Crippen molar-refractivity contribution in [2.45, 2.75) is 57.4 Å². The Balaban J connectivity index is 1.27. The summed E-state index contributed by atoms with van der Waals surface area (Å²) in [6.45, 7) is 0. The fourth-order valence-corrected chi connectivity index (χ4v) is 9.34. The Labute approximate surface area is 282 Å². The van der Waals surface area contributed by atoms with E-state index in [1.807, 2.05) is 0 Å². The van der Waals surface area contributed by atoms with Crippen molar-refractivity contribution in [3.63, 3.8) is 0 Å². The van der Waals surface area contributed by atoms with Gasteiger partial charge in [-0.05, 0) is 98.2 Å². The molecule has 6 aromatic rings. The van der Waals surface area contributed by atoms with Gasteiger partial charge in [-0.3, -0.25) is 0 Å². The van der Waals surface area contributed by atoms with Crippen LogP contribution in [0.2, 0.25) is 0 Å². The lowest BCUT2D eigenvalue weighted by molar-refractivity contribution is 0.526. The number of rotatable bonds is 4. The van der Waals surface area contributed by atoms with Gasteiger partial charge in [-0.2, -0.15) is 0 Å². The molecule has 48 heavy (non-hydrogen) atoms. The largest absolute Gasteiger partial charge is 0.337 e. The maximum absolute atomic E-state index is 2.70. The number of hydrogen-bond acceptors (Lipinski definition) is 0. The van der Waals surface area contributed by atoms with Gasteiger partial charge in [0.05, 0.1) is 28.3 Å². The molecule has 0 aliphatic heterocycles. The Morgan fingerprint density at radius 2 is 1.52 bits per heavy atom. The highest BCUT2D eigenvalue weighted by molar-refractivity contribution is 6.23. The zero-order chi connectivity index (χ0) is 31.6. The molecule has 2 unspecified atom stereocenters. The minimum absolute atomic E-state index is 0.349. The van der Waals surface area contributed by atoms with Gasteiger partial charge in [-0.15, -0.1) is 0 Å². The minimum Gasteiger partial charge on any atom is -0.337 e. The van der Waals surface area contributed by atoms with E-state index in [2.05, 4.69) is 143 Å². The van der Waals surface area contributed by atoms with E-state index >= 15 is 0 Å². The number of benzene rings is 4. The number of nitrogens with zero attached hydrogens (tertiary/aromatic N) is 2. The maximum Gasteiger partial charge on any atom is 0.0557 e. The highest BCUT2D eigenvalue weighted by Crippen LogP contribution is 2.47. The van der Waals surface area contributed by atoms with E-state index in [-0.39, 0.29) is 0 Å². The van der Waals surface area contributed by atoms with Gasteiger partial charge in [-0.1, -0.05) is 115 Å². The highest BCUT2D eigenvalue weighted by Gasteiger charge is 2.29. The smallest absolute Gasteiger partial charge is 0.0557 e. The average molecular weight is 621 g/mol. The lowest BCUT2D eigenvalue weighted by Gasteiger charge is -2.26. The lowest BCUT2D eigenvalue weighted by atomic mass is 9.81. The monoisotopic (exact) mass is 620 g/mol. The van der Waals surface area contributed by atoms with Crippen molar-refractivity contribution >= 4 is 44.9 Å². The van der Waals surface area contributed by atoms with Crippen LogP contribution in [0.3, 0.4) is 0 Å². The molecule has 2 heteroatoms. The third-order valence-electron chi connectivity index (χ3n) is 11.5. The van der Waals surface area contributed by atoms with Crippen LogP contribution in [0.15, 0.2) is 127 Å². The summed E-state index contributed by atoms with van der Waals surface area (Å²) in [6.07, 6.45) is 30.5. The standard InChI is InChI=1S/C46H40N2/c1-4-14-31(15-5-1)33-24-26-42-39(30-33)46-43(47(42)34-18-8-3-9-19-34)28-29-44-45(46)38-22-12-13-23-40(38)48(44)41-27-25-35(32-16-6-2-7-17-32)36-20-10-11-21-37(36)41/h1-4,6-9,11-13,16-18,21-23,25,27-31,34H,5,10,14-15,19-20,24,26H2. The van der Waals surface area contributed by atoms with Crippen molar-refractivity contribution < 1.29 is 0 Å². The Morgan fingerprint density at radius 1 is 0.625 bits per heavy atom. The second-order valence-corrected chi connectivity index (χ2v) is 14.1. The van der Waals surface area contributed by atoms with Crippen LogP contribution in [-0.2, 0) is 12.8 Å². The van der Waals surface area contributed by atoms with Crippen LogP contribution in [0.25, 0.3) is 61.7 Å². The summed E-state index contributed by atoms with van der Waals surface area (Å²) in [6, 6.07) is 30.0. The molecule has 0 saturated carbocycles. The SMILES string of the molecule is C1=CCC(n2c3c(c4c5c6ccccc6n(-c6ccc(-c7ccccc7)c7c6C=CCC7)c5ccc42)C=C(C2CC=CCC2)CC3)C=C1. The first kappa shape index (κ1) is 28.0. The summed E-state index contributed by atoms with van der Waals surface area (Å²) in [5.41, 5.74) is 15.4. The summed E-state index contributed by atoms with van der Waals surface area (Å²) in [7, 11) is 0. The molecular weight excluding hydrogens is 581 g/mol. The van der Waals surface area contributed by atoms with E-state index in [0.29, 0.717) is 12.0 Å². The van der Waals surface area contributed by atoms with E-state index in [9.17, 15) is 0 Å². The van der Waals surface area contributed by atoms with Gasteiger partial charge in [0.15, 0.2) is 0 Å². The summed E-state index contributed by atoms with van der Waals surface area (Å²) >= 11 is 0. The summed E-state index contributed by atoms with van der Waals surface area (Å²) in [5.74, 6) is 0.668. The molecule has 2 aromatic heterocycles. The molecule has 4 aliphatic carbocycles. The average Bonchev–Trinajstić information content (AvgIpc) is 3.68. The molecule has 0 N–H and O–H groups in total. The van der Waals surface area contributed by atoms with Crippen LogP contribution in [0, 0.1) is 5.92 Å². The van der Waals surface area contributed by atoms with Crippen molar-refractivity contribution in [3.8, 4) is 16.8 Å². The summed E-state index contributed by atoms with van der Waals surface area (Å²) in [4.78, 5) is 0. The quantitative estimate of drug-likeness (QED) is 0.174. The second-order valence-electron chi connectivity index (χ2n) is 14.1. The predicted octanol–water partition coefficient (Wildman–Crippen LogP) is 12.1. The van der Waals surface area contributed by atoms with Gasteiger partial charge >= 0.3 is 0 Å². The first-order valence-electron chi connectivity index (χ1n) is 18.0. The number of allylic oxidation sites excluding steroid dienone is 8. The first-order chi connectivity index (χ1) is 23.8. The molecule has 234 valence electrons. The molecule has 2 heterocycles. The molecule has 0 fully saturated rings. The van der Waals surface area contributed by atoms with Crippen molar-refractivity contribution in [3.05, 3.63) is 149 Å². The number of aromatic nitrogens is 2.